The van der Waals surface area contributed by atoms with Crippen molar-refractivity contribution in [2.75, 3.05) is 0 Å². The summed E-state index contributed by atoms with van der Waals surface area (Å²) in [5.74, 6) is -2.21. The Morgan fingerprint density at radius 2 is 1.79 bits per heavy atom. The van der Waals surface area contributed by atoms with Gasteiger partial charge in [-0.15, -0.1) is 11.8 Å². The molecule has 0 bridgehead atoms. The van der Waals surface area contributed by atoms with E-state index in [2.05, 4.69) is 5.32 Å². The van der Waals surface area contributed by atoms with Crippen molar-refractivity contribution in [3.63, 3.8) is 0 Å². The quantitative estimate of drug-likeness (QED) is 0.251. The Balaban J connectivity index is 1.59. The van der Waals surface area contributed by atoms with Gasteiger partial charge in [0.1, 0.15) is 11.4 Å². The third-order valence-electron chi connectivity index (χ3n) is 5.88. The molecule has 2 saturated heterocycles. The predicted molar refractivity (Wildman–Crippen MR) is 123 cm³/mol. The first-order valence-corrected chi connectivity index (χ1v) is 11.4. The lowest BCUT2D eigenvalue weighted by atomic mass is 9.93. The summed E-state index contributed by atoms with van der Waals surface area (Å²) in [4.78, 5) is 49.8. The van der Waals surface area contributed by atoms with Gasteiger partial charge in [0.25, 0.3) is 17.3 Å². The fourth-order valence-corrected chi connectivity index (χ4v) is 5.90. The minimum Gasteiger partial charge on any atom is -0.480 e. The summed E-state index contributed by atoms with van der Waals surface area (Å²) in [6.07, 6.45) is 0.0138. The van der Waals surface area contributed by atoms with Gasteiger partial charge in [0.15, 0.2) is 0 Å². The van der Waals surface area contributed by atoms with Gasteiger partial charge in [0, 0.05) is 16.9 Å². The van der Waals surface area contributed by atoms with Crippen molar-refractivity contribution in [2.24, 2.45) is 0 Å². The average Bonchev–Trinajstić information content (AvgIpc) is 3.06. The van der Waals surface area contributed by atoms with E-state index in [4.69, 9.17) is 4.74 Å². The van der Waals surface area contributed by atoms with Crippen molar-refractivity contribution in [1.82, 2.24) is 10.2 Å². The van der Waals surface area contributed by atoms with Crippen LogP contribution in [0.4, 0.5) is 5.69 Å². The Labute approximate surface area is 199 Å². The number of nitrogens with one attached hydrogen (secondary N) is 1. The topological polar surface area (TPSA) is 139 Å². The zero-order chi connectivity index (χ0) is 24.7. The number of β-lactam (4-membered cyclic amide) rings is 1. The van der Waals surface area contributed by atoms with E-state index in [0.717, 1.165) is 5.56 Å². The van der Waals surface area contributed by atoms with Gasteiger partial charge in [-0.25, -0.2) is 4.79 Å². The summed E-state index contributed by atoms with van der Waals surface area (Å²) in [5, 5.41) is 22.6. The molecule has 4 rings (SSSR count). The fraction of sp³-hybridized carbons (Fsp3) is 0.348. The number of benzene rings is 2. The van der Waals surface area contributed by atoms with Crippen molar-refractivity contribution in [2.45, 2.75) is 48.8 Å². The van der Waals surface area contributed by atoms with Gasteiger partial charge in [-0.2, -0.15) is 0 Å². The summed E-state index contributed by atoms with van der Waals surface area (Å²) >= 11 is 1.25. The maximum absolute atomic E-state index is 13.3. The number of carboxylic acid groups (broad SMARTS) is 1. The third kappa shape index (κ3) is 4.12. The molecule has 2 aliphatic heterocycles. The first-order chi connectivity index (χ1) is 16.0. The molecule has 0 aliphatic carbocycles. The molecule has 2 amide bonds. The van der Waals surface area contributed by atoms with E-state index >= 15 is 0 Å². The number of amides is 2. The van der Waals surface area contributed by atoms with Crippen LogP contribution in [0.2, 0.25) is 0 Å². The van der Waals surface area contributed by atoms with Crippen LogP contribution in [-0.4, -0.2) is 54.6 Å². The molecule has 0 saturated carbocycles. The molecule has 11 heteroatoms. The molecule has 2 heterocycles. The highest BCUT2D eigenvalue weighted by atomic mass is 32.2. The Hall–Kier alpha value is -3.44. The van der Waals surface area contributed by atoms with E-state index < -0.39 is 44.6 Å². The van der Waals surface area contributed by atoms with E-state index in [1.54, 1.807) is 38.1 Å². The number of rotatable bonds is 8. The molecule has 0 spiro atoms. The number of fused-ring (bicyclic) bond motifs is 1. The van der Waals surface area contributed by atoms with Gasteiger partial charge in [0.2, 0.25) is 5.91 Å². The number of nitrogens with zero attached hydrogens (tertiary/aromatic N) is 2. The van der Waals surface area contributed by atoms with Crippen LogP contribution in [0.1, 0.15) is 25.0 Å². The minimum absolute atomic E-state index is 0.0138. The summed E-state index contributed by atoms with van der Waals surface area (Å²) < 4.78 is 5.19. The summed E-state index contributed by atoms with van der Waals surface area (Å²) in [6.45, 7) is 3.35. The van der Waals surface area contributed by atoms with Crippen LogP contribution < -0.4 is 5.32 Å². The lowest BCUT2D eigenvalue weighted by Crippen LogP contribution is -2.80. The van der Waals surface area contributed by atoms with E-state index in [9.17, 15) is 29.6 Å². The van der Waals surface area contributed by atoms with E-state index in [-0.39, 0.29) is 18.7 Å². The van der Waals surface area contributed by atoms with Crippen LogP contribution in [0.3, 0.4) is 0 Å². The monoisotopic (exact) mass is 485 g/mol. The number of carbonyl (C=O) groups is 3. The molecule has 2 fully saturated rings. The Kier molecular flexibility index (Phi) is 6.09. The lowest BCUT2D eigenvalue weighted by Gasteiger charge is -2.52. The first kappa shape index (κ1) is 23.7. The zero-order valence-electron chi connectivity index (χ0n) is 18.5. The van der Waals surface area contributed by atoms with Gasteiger partial charge in [0.05, 0.1) is 18.0 Å². The number of hydrogen-bond acceptors (Lipinski definition) is 7. The van der Waals surface area contributed by atoms with Crippen molar-refractivity contribution in [3.8, 4) is 0 Å². The molecule has 2 N–H and O–H groups in total. The molecule has 10 nitrogen and oxygen atoms in total. The molecular weight excluding hydrogens is 462 g/mol. The minimum atomic E-state index is -1.75. The van der Waals surface area contributed by atoms with Gasteiger partial charge < -0.3 is 20.1 Å². The van der Waals surface area contributed by atoms with E-state index in [1.807, 2.05) is 6.07 Å². The number of nitro benzene ring substituents is 1. The van der Waals surface area contributed by atoms with Crippen molar-refractivity contribution >= 4 is 35.2 Å². The van der Waals surface area contributed by atoms with Gasteiger partial charge >= 0.3 is 5.97 Å². The fourth-order valence-electron chi connectivity index (χ4n) is 4.26. The Morgan fingerprint density at radius 3 is 2.38 bits per heavy atom. The maximum atomic E-state index is 13.3. The second kappa shape index (κ2) is 8.73. The Morgan fingerprint density at radius 1 is 1.15 bits per heavy atom. The van der Waals surface area contributed by atoms with Crippen LogP contribution in [0.15, 0.2) is 54.6 Å². The van der Waals surface area contributed by atoms with E-state index in [1.165, 1.54) is 40.9 Å². The second-order valence-electron chi connectivity index (χ2n) is 8.69. The number of hydrogen-bond donors (Lipinski definition) is 2. The van der Waals surface area contributed by atoms with Crippen molar-refractivity contribution < 1.29 is 29.2 Å². The Bertz CT molecular complexity index is 1140. The molecule has 0 unspecified atom stereocenters. The first-order valence-electron chi connectivity index (χ1n) is 10.5. The summed E-state index contributed by atoms with van der Waals surface area (Å²) in [6, 6.07) is 13.6. The molecule has 2 aromatic carbocycles. The molecule has 2 aliphatic rings. The highest BCUT2D eigenvalue weighted by Crippen LogP contribution is 2.55. The molecular formula is C23H23N3O7S. The number of aliphatic carboxylic acids is 1. The predicted octanol–water partition coefficient (Wildman–Crippen LogP) is 2.31. The second-order valence-corrected chi connectivity index (χ2v) is 10.4. The largest absolute Gasteiger partial charge is 0.480 e. The highest BCUT2D eigenvalue weighted by Gasteiger charge is 2.73. The van der Waals surface area contributed by atoms with Crippen LogP contribution in [0.5, 0.6) is 0 Å². The van der Waals surface area contributed by atoms with Crippen molar-refractivity contribution in [3.05, 3.63) is 75.8 Å². The van der Waals surface area contributed by atoms with Gasteiger partial charge in [-0.1, -0.05) is 30.3 Å². The molecule has 0 radical (unpaired) electrons. The standard InChI is InChI=1S/C23H23N3O7S/c1-22(2)18(19(28)29)25-20(30)23(21(25)34-22,24-17(27)12-14-6-4-3-5-7-14)33-13-15-8-10-16(11-9-15)26(31)32/h3-11,18,21H,12-13H2,1-2H3,(H,24,27)(H,28,29)/t18-,21+,23+/m0/s1. The molecule has 0 aromatic heterocycles. The molecule has 178 valence electrons. The third-order valence-corrected chi connectivity index (χ3v) is 7.50. The molecule has 2 aromatic rings. The smallest absolute Gasteiger partial charge is 0.327 e. The number of non-ortho nitro benzene ring substituents is 1. The highest BCUT2D eigenvalue weighted by molar-refractivity contribution is 8.01. The van der Waals surface area contributed by atoms with Gasteiger partial charge in [-0.3, -0.25) is 19.7 Å². The van der Waals surface area contributed by atoms with Crippen LogP contribution in [0, 0.1) is 10.1 Å². The number of ether oxygens (including phenoxy) is 1. The number of carboxylic acids is 1. The van der Waals surface area contributed by atoms with Crippen molar-refractivity contribution in [1.29, 1.82) is 0 Å². The summed E-state index contributed by atoms with van der Waals surface area (Å²) in [7, 11) is 0. The average molecular weight is 486 g/mol. The van der Waals surface area contributed by atoms with Crippen LogP contribution in [0.25, 0.3) is 0 Å². The lowest BCUT2D eigenvalue weighted by molar-refractivity contribution is -0.384. The number of carbonyl (C=O) groups excluding carboxylic acids is 2. The SMILES string of the molecule is CC1(C)S[C@H]2N(C(=O)[C@@]2(NC(=O)Cc2ccccc2)OCc2ccc([N+](=O)[O-])cc2)[C@H]1C(=O)O. The normalized spacial score (nSPS) is 24.8. The molecule has 34 heavy (non-hydrogen) atoms. The van der Waals surface area contributed by atoms with Gasteiger partial charge in [-0.05, 0) is 37.1 Å². The number of thioether (sulfide) groups is 1. The van der Waals surface area contributed by atoms with Crippen LogP contribution >= 0.6 is 11.8 Å². The number of nitro groups is 1. The van der Waals surface area contributed by atoms with Crippen LogP contribution in [-0.2, 0) is 32.1 Å². The maximum Gasteiger partial charge on any atom is 0.327 e. The van der Waals surface area contributed by atoms with E-state index in [0.29, 0.717) is 5.56 Å². The zero-order valence-corrected chi connectivity index (χ0v) is 19.3. The summed E-state index contributed by atoms with van der Waals surface area (Å²) in [5.41, 5.74) is -0.528. The molecule has 3 atom stereocenters.